The normalized spacial score (nSPS) is 14.3. The highest BCUT2D eigenvalue weighted by atomic mass is 32.2. The lowest BCUT2D eigenvalue weighted by atomic mass is 10.1. The van der Waals surface area contributed by atoms with E-state index in [2.05, 4.69) is 4.74 Å². The van der Waals surface area contributed by atoms with Gasteiger partial charge in [-0.25, -0.2) is 8.60 Å². The van der Waals surface area contributed by atoms with Gasteiger partial charge in [0.05, 0.1) is 7.11 Å². The second-order valence-electron chi connectivity index (χ2n) is 2.73. The van der Waals surface area contributed by atoms with Crippen LogP contribution in [0.15, 0.2) is 24.3 Å². The van der Waals surface area contributed by atoms with E-state index in [0.717, 1.165) is 13.2 Å². The molecule has 0 amide bonds. The molecule has 1 rings (SSSR count). The van der Waals surface area contributed by atoms with Crippen molar-refractivity contribution in [3.63, 3.8) is 0 Å². The maximum absolute atomic E-state index is 12.8. The fourth-order valence-corrected chi connectivity index (χ4v) is 1.75. The topological polar surface area (TPSA) is 63.6 Å². The molecule has 0 spiro atoms. The summed E-state index contributed by atoms with van der Waals surface area (Å²) in [5.41, 5.74) is 0.114. The quantitative estimate of drug-likeness (QED) is 0.629. The number of carbonyl (C=O) groups excluding carboxylic acids is 1. The standard InChI is InChI=1S/C9H9FO4S/c1-14-9(11)8(15(12)13)6-3-2-4-7(10)5-6/h2-5,8H,1H3,(H,12,13). The van der Waals surface area contributed by atoms with Crippen molar-refractivity contribution < 1.29 is 22.7 Å². The highest BCUT2D eigenvalue weighted by Gasteiger charge is 2.27. The van der Waals surface area contributed by atoms with Crippen molar-refractivity contribution in [2.45, 2.75) is 5.25 Å². The summed E-state index contributed by atoms with van der Waals surface area (Å²) in [6.45, 7) is 0. The Labute approximate surface area is 88.3 Å². The predicted octanol–water partition coefficient (Wildman–Crippen LogP) is 1.26. The van der Waals surface area contributed by atoms with E-state index in [0.29, 0.717) is 0 Å². The molecule has 1 N–H and O–H groups in total. The molecule has 0 fully saturated rings. The molecular formula is C9H9FO4S. The molecule has 0 aliphatic carbocycles. The fraction of sp³-hybridized carbons (Fsp3) is 0.222. The number of esters is 1. The van der Waals surface area contributed by atoms with Crippen LogP contribution in [0.1, 0.15) is 10.8 Å². The molecule has 15 heavy (non-hydrogen) atoms. The van der Waals surface area contributed by atoms with Crippen LogP contribution in [0.3, 0.4) is 0 Å². The molecule has 82 valence electrons. The smallest absolute Gasteiger partial charge is 0.328 e. The highest BCUT2D eigenvalue weighted by Crippen LogP contribution is 2.20. The van der Waals surface area contributed by atoms with E-state index in [1.54, 1.807) is 0 Å². The first-order valence-corrected chi connectivity index (χ1v) is 5.16. The summed E-state index contributed by atoms with van der Waals surface area (Å²) >= 11 is -2.43. The van der Waals surface area contributed by atoms with Crippen LogP contribution in [-0.2, 0) is 20.6 Å². The Balaban J connectivity index is 3.10. The van der Waals surface area contributed by atoms with Crippen molar-refractivity contribution in [2.75, 3.05) is 7.11 Å². The zero-order valence-corrected chi connectivity index (χ0v) is 8.66. The molecule has 0 saturated heterocycles. The molecule has 0 radical (unpaired) electrons. The average molecular weight is 232 g/mol. The van der Waals surface area contributed by atoms with Crippen LogP contribution in [0, 0.1) is 5.82 Å². The van der Waals surface area contributed by atoms with E-state index in [-0.39, 0.29) is 5.56 Å². The van der Waals surface area contributed by atoms with Crippen molar-refractivity contribution in [2.24, 2.45) is 0 Å². The maximum Gasteiger partial charge on any atom is 0.328 e. The van der Waals surface area contributed by atoms with Crippen molar-refractivity contribution in [1.29, 1.82) is 0 Å². The molecule has 1 aromatic carbocycles. The Hall–Kier alpha value is -1.27. The summed E-state index contributed by atoms with van der Waals surface area (Å²) in [6, 6.07) is 4.94. The lowest BCUT2D eigenvalue weighted by Crippen LogP contribution is -2.18. The average Bonchev–Trinajstić information content (AvgIpc) is 2.17. The van der Waals surface area contributed by atoms with Crippen LogP contribution in [0.2, 0.25) is 0 Å². The third-order valence-electron chi connectivity index (χ3n) is 1.77. The molecule has 6 heteroatoms. The van der Waals surface area contributed by atoms with Gasteiger partial charge in [-0.3, -0.25) is 4.79 Å². The monoisotopic (exact) mass is 232 g/mol. The molecule has 2 unspecified atom stereocenters. The van der Waals surface area contributed by atoms with Gasteiger partial charge in [-0.1, -0.05) is 12.1 Å². The fourth-order valence-electron chi connectivity index (χ4n) is 1.11. The van der Waals surface area contributed by atoms with Crippen molar-refractivity contribution in [1.82, 2.24) is 0 Å². The number of carbonyl (C=O) groups is 1. The molecule has 0 bridgehead atoms. The van der Waals surface area contributed by atoms with Gasteiger partial charge in [0.2, 0.25) is 0 Å². The Morgan fingerprint density at radius 3 is 2.73 bits per heavy atom. The molecule has 1 aromatic rings. The number of halogens is 1. The summed E-state index contributed by atoms with van der Waals surface area (Å²) < 4.78 is 37.0. The van der Waals surface area contributed by atoms with Crippen LogP contribution >= 0.6 is 0 Å². The largest absolute Gasteiger partial charge is 0.468 e. The molecule has 0 aliphatic heterocycles. The zero-order valence-electron chi connectivity index (χ0n) is 7.84. The van der Waals surface area contributed by atoms with Crippen molar-refractivity contribution >= 4 is 17.0 Å². The first-order chi connectivity index (χ1) is 7.06. The molecule has 0 heterocycles. The Morgan fingerprint density at radius 2 is 2.27 bits per heavy atom. The van der Waals surface area contributed by atoms with Gasteiger partial charge in [-0.15, -0.1) is 0 Å². The van der Waals surface area contributed by atoms with Gasteiger partial charge < -0.3 is 9.29 Å². The zero-order chi connectivity index (χ0) is 11.4. The van der Waals surface area contributed by atoms with E-state index in [1.165, 1.54) is 18.2 Å². The second-order valence-corrected chi connectivity index (χ2v) is 3.76. The summed E-state index contributed by atoms with van der Waals surface area (Å²) in [7, 11) is 1.10. The Kier molecular flexibility index (Phi) is 3.93. The summed E-state index contributed by atoms with van der Waals surface area (Å²) in [4.78, 5) is 11.2. The predicted molar refractivity (Wildman–Crippen MR) is 51.9 cm³/mol. The van der Waals surface area contributed by atoms with E-state index in [4.69, 9.17) is 4.55 Å². The minimum absolute atomic E-state index is 0.114. The third kappa shape index (κ3) is 2.84. The van der Waals surface area contributed by atoms with Crippen LogP contribution in [0.5, 0.6) is 0 Å². The minimum Gasteiger partial charge on any atom is -0.468 e. The first kappa shape index (κ1) is 11.8. The van der Waals surface area contributed by atoms with Gasteiger partial charge in [0, 0.05) is 0 Å². The third-order valence-corrected chi connectivity index (χ3v) is 2.64. The van der Waals surface area contributed by atoms with Crippen molar-refractivity contribution in [3.05, 3.63) is 35.6 Å². The molecule has 0 aliphatic rings. The van der Waals surface area contributed by atoms with Crippen LogP contribution in [-0.4, -0.2) is 21.8 Å². The van der Waals surface area contributed by atoms with Gasteiger partial charge in [-0.2, -0.15) is 0 Å². The molecule has 2 atom stereocenters. The van der Waals surface area contributed by atoms with E-state index < -0.39 is 28.1 Å². The second kappa shape index (κ2) is 4.99. The van der Waals surface area contributed by atoms with Gasteiger partial charge in [0.15, 0.2) is 16.3 Å². The Bertz CT molecular complexity index is 393. The first-order valence-electron chi connectivity index (χ1n) is 3.99. The number of rotatable bonds is 3. The summed E-state index contributed by atoms with van der Waals surface area (Å²) in [5, 5.41) is -1.37. The molecule has 4 nitrogen and oxygen atoms in total. The number of methoxy groups -OCH3 is 1. The molecular weight excluding hydrogens is 223 g/mol. The maximum atomic E-state index is 12.8. The van der Waals surface area contributed by atoms with E-state index >= 15 is 0 Å². The van der Waals surface area contributed by atoms with Gasteiger partial charge in [-0.05, 0) is 17.7 Å². The SMILES string of the molecule is COC(=O)C(c1cccc(F)c1)S(=O)O. The van der Waals surface area contributed by atoms with E-state index in [1.807, 2.05) is 0 Å². The highest BCUT2D eigenvalue weighted by molar-refractivity contribution is 7.80. The van der Waals surface area contributed by atoms with Crippen LogP contribution in [0.25, 0.3) is 0 Å². The van der Waals surface area contributed by atoms with E-state index in [9.17, 15) is 13.4 Å². The number of hydrogen-bond donors (Lipinski definition) is 1. The van der Waals surface area contributed by atoms with Crippen molar-refractivity contribution in [3.8, 4) is 0 Å². The van der Waals surface area contributed by atoms with Gasteiger partial charge in [0.25, 0.3) is 0 Å². The van der Waals surface area contributed by atoms with Gasteiger partial charge in [0.1, 0.15) is 5.82 Å². The van der Waals surface area contributed by atoms with Gasteiger partial charge >= 0.3 is 5.97 Å². The lowest BCUT2D eigenvalue weighted by molar-refractivity contribution is -0.140. The number of benzene rings is 1. The summed E-state index contributed by atoms with van der Waals surface area (Å²) in [6.07, 6.45) is 0. The lowest BCUT2D eigenvalue weighted by Gasteiger charge is -2.10. The summed E-state index contributed by atoms with van der Waals surface area (Å²) in [5.74, 6) is -1.45. The van der Waals surface area contributed by atoms with Crippen LogP contribution in [0.4, 0.5) is 4.39 Å². The number of ether oxygens (including phenoxy) is 1. The molecule has 0 aromatic heterocycles. The minimum atomic E-state index is -2.43. The Morgan fingerprint density at radius 1 is 1.60 bits per heavy atom. The van der Waals surface area contributed by atoms with Crippen LogP contribution < -0.4 is 0 Å². The molecule has 0 saturated carbocycles. The number of hydrogen-bond acceptors (Lipinski definition) is 3.